The summed E-state index contributed by atoms with van der Waals surface area (Å²) in [5.74, 6) is 1.82. The smallest absolute Gasteiger partial charge is 0.256 e. The molecule has 170 valence electrons. The molecule has 4 heterocycles. The SMILES string of the molecule is CCSc1ncccc1C(=O)N1CCc2cnc(N3CCN(C4CCC4)CC3)nc2CC1. The monoisotopic (exact) mass is 452 g/mol. The van der Waals surface area contributed by atoms with Gasteiger partial charge in [-0.05, 0) is 42.7 Å². The van der Waals surface area contributed by atoms with Gasteiger partial charge in [-0.1, -0.05) is 13.3 Å². The van der Waals surface area contributed by atoms with E-state index in [1.807, 2.05) is 23.2 Å². The summed E-state index contributed by atoms with van der Waals surface area (Å²) < 4.78 is 0. The lowest BCUT2D eigenvalue weighted by molar-refractivity contribution is 0.0758. The summed E-state index contributed by atoms with van der Waals surface area (Å²) in [5, 5.41) is 0.824. The molecule has 0 N–H and O–H groups in total. The van der Waals surface area contributed by atoms with Crippen LogP contribution in [0.15, 0.2) is 29.6 Å². The Balaban J connectivity index is 1.24. The van der Waals surface area contributed by atoms with E-state index in [4.69, 9.17) is 9.97 Å². The minimum absolute atomic E-state index is 0.0714. The van der Waals surface area contributed by atoms with Gasteiger partial charge < -0.3 is 9.80 Å². The molecule has 0 atom stereocenters. The van der Waals surface area contributed by atoms with Crippen molar-refractivity contribution < 1.29 is 4.79 Å². The second kappa shape index (κ2) is 9.75. The number of carbonyl (C=O) groups is 1. The molecule has 0 spiro atoms. The van der Waals surface area contributed by atoms with E-state index >= 15 is 0 Å². The first kappa shape index (κ1) is 21.6. The van der Waals surface area contributed by atoms with Gasteiger partial charge in [0.05, 0.1) is 11.3 Å². The molecular formula is C24H32N6OS. The summed E-state index contributed by atoms with van der Waals surface area (Å²) in [6, 6.07) is 4.55. The van der Waals surface area contributed by atoms with E-state index in [0.29, 0.717) is 18.7 Å². The zero-order chi connectivity index (χ0) is 21.9. The van der Waals surface area contributed by atoms with Crippen LogP contribution in [0, 0.1) is 0 Å². The van der Waals surface area contributed by atoms with Crippen LogP contribution in [0.2, 0.25) is 0 Å². The van der Waals surface area contributed by atoms with Gasteiger partial charge in [-0.3, -0.25) is 9.69 Å². The van der Waals surface area contributed by atoms with Crippen molar-refractivity contribution in [1.82, 2.24) is 24.8 Å². The van der Waals surface area contributed by atoms with Crippen LogP contribution in [0.25, 0.3) is 0 Å². The highest BCUT2D eigenvalue weighted by molar-refractivity contribution is 7.99. The normalized spacial score (nSPS) is 19.9. The molecule has 0 unspecified atom stereocenters. The molecule has 0 aromatic carbocycles. The summed E-state index contributed by atoms with van der Waals surface area (Å²) in [4.78, 5) is 34.3. The van der Waals surface area contributed by atoms with Gasteiger partial charge in [-0.25, -0.2) is 15.0 Å². The Morgan fingerprint density at radius 1 is 1.09 bits per heavy atom. The predicted molar refractivity (Wildman–Crippen MR) is 127 cm³/mol. The van der Waals surface area contributed by atoms with E-state index in [-0.39, 0.29) is 5.91 Å². The zero-order valence-corrected chi connectivity index (χ0v) is 19.7. The first-order valence-electron chi connectivity index (χ1n) is 11.9. The molecule has 0 radical (unpaired) electrons. The Labute approximate surface area is 194 Å². The number of carbonyl (C=O) groups excluding carboxylic acids is 1. The third kappa shape index (κ3) is 4.48. The van der Waals surface area contributed by atoms with Crippen molar-refractivity contribution in [2.45, 2.75) is 50.1 Å². The Morgan fingerprint density at radius 2 is 1.91 bits per heavy atom. The molecule has 1 aliphatic carbocycles. The van der Waals surface area contributed by atoms with Gasteiger partial charge >= 0.3 is 0 Å². The Bertz CT molecular complexity index is 957. The topological polar surface area (TPSA) is 65.5 Å². The largest absolute Gasteiger partial charge is 0.338 e. The van der Waals surface area contributed by atoms with Crippen LogP contribution in [-0.4, -0.2) is 81.7 Å². The molecule has 7 nitrogen and oxygen atoms in total. The van der Waals surface area contributed by atoms with Crippen molar-refractivity contribution in [3.63, 3.8) is 0 Å². The van der Waals surface area contributed by atoms with Gasteiger partial charge in [-0.15, -0.1) is 11.8 Å². The van der Waals surface area contributed by atoms with Crippen molar-refractivity contribution in [2.75, 3.05) is 49.9 Å². The van der Waals surface area contributed by atoms with E-state index in [9.17, 15) is 4.79 Å². The number of amides is 1. The number of aromatic nitrogens is 3. The van der Waals surface area contributed by atoms with Crippen LogP contribution >= 0.6 is 11.8 Å². The van der Waals surface area contributed by atoms with E-state index in [2.05, 4.69) is 21.7 Å². The van der Waals surface area contributed by atoms with Crippen molar-refractivity contribution in [1.29, 1.82) is 0 Å². The molecule has 1 saturated carbocycles. The van der Waals surface area contributed by atoms with Gasteiger partial charge in [0.1, 0.15) is 5.03 Å². The average Bonchev–Trinajstić information content (AvgIpc) is 3.01. The lowest BCUT2D eigenvalue weighted by atomic mass is 9.91. The Morgan fingerprint density at radius 3 is 2.66 bits per heavy atom. The zero-order valence-electron chi connectivity index (χ0n) is 18.9. The molecule has 2 aromatic heterocycles. The minimum Gasteiger partial charge on any atom is -0.338 e. The quantitative estimate of drug-likeness (QED) is 0.646. The van der Waals surface area contributed by atoms with E-state index in [0.717, 1.165) is 67.5 Å². The average molecular weight is 453 g/mol. The Hall–Kier alpha value is -2.19. The van der Waals surface area contributed by atoms with E-state index in [1.54, 1.807) is 18.0 Å². The summed E-state index contributed by atoms with van der Waals surface area (Å²) in [5.41, 5.74) is 2.98. The summed E-state index contributed by atoms with van der Waals surface area (Å²) in [7, 11) is 0. The molecule has 1 amide bonds. The van der Waals surface area contributed by atoms with Gasteiger partial charge in [0.2, 0.25) is 5.95 Å². The molecule has 0 bridgehead atoms. The van der Waals surface area contributed by atoms with Gasteiger partial charge in [0, 0.05) is 64.1 Å². The number of rotatable bonds is 5. The van der Waals surface area contributed by atoms with Crippen LogP contribution in [0.3, 0.4) is 0 Å². The third-order valence-electron chi connectivity index (χ3n) is 6.97. The highest BCUT2D eigenvalue weighted by atomic mass is 32.2. The number of thioether (sulfide) groups is 1. The summed E-state index contributed by atoms with van der Waals surface area (Å²) >= 11 is 1.62. The number of piperazine rings is 1. The lowest BCUT2D eigenvalue weighted by Gasteiger charge is -2.43. The molecule has 5 rings (SSSR count). The summed E-state index contributed by atoms with van der Waals surface area (Å²) in [6.45, 7) is 7.67. The first-order valence-corrected chi connectivity index (χ1v) is 12.9. The number of hydrogen-bond donors (Lipinski definition) is 0. The van der Waals surface area contributed by atoms with E-state index in [1.165, 1.54) is 24.8 Å². The third-order valence-corrected chi connectivity index (χ3v) is 7.86. The highest BCUT2D eigenvalue weighted by Gasteiger charge is 2.29. The lowest BCUT2D eigenvalue weighted by Crippen LogP contribution is -2.52. The van der Waals surface area contributed by atoms with Gasteiger partial charge in [0.15, 0.2) is 0 Å². The fourth-order valence-corrected chi connectivity index (χ4v) is 5.55. The van der Waals surface area contributed by atoms with E-state index < -0.39 is 0 Å². The van der Waals surface area contributed by atoms with Gasteiger partial charge in [0.25, 0.3) is 5.91 Å². The fourth-order valence-electron chi connectivity index (χ4n) is 4.83. The van der Waals surface area contributed by atoms with Crippen molar-refractivity contribution in [3.05, 3.63) is 41.3 Å². The van der Waals surface area contributed by atoms with Crippen LogP contribution in [0.5, 0.6) is 0 Å². The number of fused-ring (bicyclic) bond motifs is 1. The van der Waals surface area contributed by atoms with Crippen molar-refractivity contribution in [3.8, 4) is 0 Å². The molecular weight excluding hydrogens is 420 g/mol. The predicted octanol–water partition coefficient (Wildman–Crippen LogP) is 2.90. The number of pyridine rings is 1. The molecule has 8 heteroatoms. The molecule has 32 heavy (non-hydrogen) atoms. The van der Waals surface area contributed by atoms with Crippen LogP contribution in [-0.2, 0) is 12.8 Å². The number of anilines is 1. The first-order chi connectivity index (χ1) is 15.7. The maximum Gasteiger partial charge on any atom is 0.256 e. The Kier molecular flexibility index (Phi) is 6.59. The molecule has 3 aliphatic rings. The standard InChI is InChI=1S/C24H32N6OS/c1-2-32-22-20(7-4-10-25-22)23(31)29-11-8-18-17-26-24(27-21(18)9-12-29)30-15-13-28(14-16-30)19-5-3-6-19/h4,7,10,17,19H,2-3,5-6,8-9,11-16H2,1H3. The minimum atomic E-state index is 0.0714. The molecule has 2 fully saturated rings. The highest BCUT2D eigenvalue weighted by Crippen LogP contribution is 2.27. The molecule has 2 aliphatic heterocycles. The van der Waals surface area contributed by atoms with Crippen LogP contribution < -0.4 is 4.90 Å². The van der Waals surface area contributed by atoms with Crippen LogP contribution in [0.1, 0.15) is 47.8 Å². The van der Waals surface area contributed by atoms with Crippen molar-refractivity contribution in [2.24, 2.45) is 0 Å². The molecule has 2 aromatic rings. The van der Waals surface area contributed by atoms with Crippen molar-refractivity contribution >= 4 is 23.6 Å². The number of hydrogen-bond acceptors (Lipinski definition) is 7. The summed E-state index contributed by atoms with van der Waals surface area (Å²) in [6.07, 6.45) is 9.44. The maximum absolute atomic E-state index is 13.3. The second-order valence-electron chi connectivity index (χ2n) is 8.83. The van der Waals surface area contributed by atoms with Gasteiger partial charge in [-0.2, -0.15) is 0 Å². The fraction of sp³-hybridized carbons (Fsp3) is 0.583. The number of nitrogens with zero attached hydrogens (tertiary/aromatic N) is 6. The molecule has 1 saturated heterocycles. The maximum atomic E-state index is 13.3. The van der Waals surface area contributed by atoms with Crippen LogP contribution in [0.4, 0.5) is 5.95 Å². The second-order valence-corrected chi connectivity index (χ2v) is 10.1.